The van der Waals surface area contributed by atoms with E-state index in [0.717, 1.165) is 36.5 Å². The number of aryl methyl sites for hydroxylation is 3. The van der Waals surface area contributed by atoms with Crippen molar-refractivity contribution in [2.24, 2.45) is 0 Å². The van der Waals surface area contributed by atoms with Gasteiger partial charge in [0.05, 0.1) is 5.56 Å². The van der Waals surface area contributed by atoms with E-state index in [2.05, 4.69) is 54.2 Å². The highest BCUT2D eigenvalue weighted by molar-refractivity contribution is 5.93. The zero-order chi connectivity index (χ0) is 22.7. The first-order valence-corrected chi connectivity index (χ1v) is 11.1. The molecule has 0 bridgehead atoms. The van der Waals surface area contributed by atoms with Crippen LogP contribution in [-0.2, 0) is 13.2 Å². The average Bonchev–Trinajstić information content (AvgIpc) is 3.16. The minimum atomic E-state index is -0.0867. The molecule has 0 saturated carbocycles. The summed E-state index contributed by atoms with van der Waals surface area (Å²) in [6, 6.07) is 14.6. The van der Waals surface area contributed by atoms with Crippen LogP contribution in [0.15, 0.2) is 47.0 Å². The fourth-order valence-corrected chi connectivity index (χ4v) is 3.97. The second-order valence-corrected chi connectivity index (χ2v) is 8.61. The molecule has 0 unspecified atom stereocenters. The summed E-state index contributed by atoms with van der Waals surface area (Å²) >= 11 is 0. The number of nitrogens with zero attached hydrogens (tertiary/aromatic N) is 3. The number of hydrogen-bond donors (Lipinski definition) is 0. The third-order valence-electron chi connectivity index (χ3n) is 6.30. The van der Waals surface area contributed by atoms with E-state index in [4.69, 9.17) is 9.26 Å². The van der Waals surface area contributed by atoms with Gasteiger partial charge in [-0.05, 0) is 50.5 Å². The van der Waals surface area contributed by atoms with E-state index in [9.17, 15) is 4.79 Å². The quantitative estimate of drug-likeness (QED) is 0.575. The summed E-state index contributed by atoms with van der Waals surface area (Å²) in [5.41, 5.74) is 5.92. The molecule has 1 amide bonds. The van der Waals surface area contributed by atoms with Crippen molar-refractivity contribution in [2.45, 2.75) is 40.8 Å². The first-order chi connectivity index (χ1) is 15.4. The van der Waals surface area contributed by atoms with Gasteiger partial charge in [-0.2, -0.15) is 0 Å². The summed E-state index contributed by atoms with van der Waals surface area (Å²) in [4.78, 5) is 17.4. The summed E-state index contributed by atoms with van der Waals surface area (Å²) in [5, 5.41) is 4.08. The van der Waals surface area contributed by atoms with Crippen molar-refractivity contribution >= 4 is 5.91 Å². The number of ether oxygens (including phenoxy) is 1. The molecule has 0 atom stereocenters. The summed E-state index contributed by atoms with van der Waals surface area (Å²) in [6.07, 6.45) is 0. The second-order valence-electron chi connectivity index (χ2n) is 8.61. The van der Waals surface area contributed by atoms with E-state index < -0.39 is 0 Å². The van der Waals surface area contributed by atoms with Crippen molar-refractivity contribution in [3.05, 3.63) is 81.7 Å². The first-order valence-electron chi connectivity index (χ1n) is 11.1. The molecule has 1 saturated heterocycles. The van der Waals surface area contributed by atoms with Crippen LogP contribution in [0.4, 0.5) is 0 Å². The van der Waals surface area contributed by atoms with E-state index in [1.165, 1.54) is 16.7 Å². The average molecular weight is 434 g/mol. The zero-order valence-electron chi connectivity index (χ0n) is 19.4. The molecule has 6 nitrogen and oxygen atoms in total. The van der Waals surface area contributed by atoms with Gasteiger partial charge in [-0.25, -0.2) is 0 Å². The van der Waals surface area contributed by atoms with E-state index in [1.54, 1.807) is 0 Å². The Labute approximate surface area is 189 Å². The van der Waals surface area contributed by atoms with Gasteiger partial charge < -0.3 is 14.2 Å². The van der Waals surface area contributed by atoms with Crippen molar-refractivity contribution < 1.29 is 14.1 Å². The molecule has 1 aliphatic rings. The van der Waals surface area contributed by atoms with Crippen molar-refractivity contribution in [1.82, 2.24) is 15.0 Å². The molecule has 1 aliphatic heterocycles. The number of hydrogen-bond acceptors (Lipinski definition) is 5. The largest absolute Gasteiger partial charge is 0.488 e. The fraction of sp³-hybridized carbons (Fsp3) is 0.385. The van der Waals surface area contributed by atoms with Gasteiger partial charge in [0, 0.05) is 32.7 Å². The summed E-state index contributed by atoms with van der Waals surface area (Å²) in [6.45, 7) is 12.2. The van der Waals surface area contributed by atoms with Gasteiger partial charge in [0.1, 0.15) is 18.1 Å². The monoisotopic (exact) mass is 433 g/mol. The van der Waals surface area contributed by atoms with Gasteiger partial charge in [0.2, 0.25) is 0 Å². The van der Waals surface area contributed by atoms with E-state index >= 15 is 0 Å². The Morgan fingerprint density at radius 3 is 2.44 bits per heavy atom. The Morgan fingerprint density at radius 2 is 1.72 bits per heavy atom. The molecule has 32 heavy (non-hydrogen) atoms. The standard InChI is InChI=1S/C26H31N3O3/c1-18-8-10-22(11-9-18)16-28-12-14-29(15-13-28)26(30)25-23(21(4)32-27-25)17-31-24-7-5-6-19(2)20(24)3/h5-11H,12-17H2,1-4H3. The van der Waals surface area contributed by atoms with Crippen LogP contribution in [0.3, 0.4) is 0 Å². The van der Waals surface area contributed by atoms with Gasteiger partial charge >= 0.3 is 0 Å². The molecule has 4 rings (SSSR count). The van der Waals surface area contributed by atoms with Crippen LogP contribution in [0, 0.1) is 27.7 Å². The van der Waals surface area contributed by atoms with Crippen molar-refractivity contribution in [1.29, 1.82) is 0 Å². The highest BCUT2D eigenvalue weighted by Gasteiger charge is 2.28. The minimum absolute atomic E-state index is 0.0867. The lowest BCUT2D eigenvalue weighted by Gasteiger charge is -2.34. The Morgan fingerprint density at radius 1 is 1.00 bits per heavy atom. The van der Waals surface area contributed by atoms with Crippen LogP contribution in [0.2, 0.25) is 0 Å². The number of carbonyl (C=O) groups excluding carboxylic acids is 1. The maximum atomic E-state index is 13.2. The number of carbonyl (C=O) groups is 1. The van der Waals surface area contributed by atoms with Crippen LogP contribution in [0.1, 0.15) is 44.1 Å². The molecule has 0 spiro atoms. The molecular formula is C26H31N3O3. The molecule has 0 radical (unpaired) electrons. The molecule has 0 aliphatic carbocycles. The molecule has 1 fully saturated rings. The molecule has 0 N–H and O–H groups in total. The molecule has 2 heterocycles. The summed E-state index contributed by atoms with van der Waals surface area (Å²) in [7, 11) is 0. The highest BCUT2D eigenvalue weighted by atomic mass is 16.5. The normalized spacial score (nSPS) is 14.6. The number of aromatic nitrogens is 1. The predicted molar refractivity (Wildman–Crippen MR) is 124 cm³/mol. The topological polar surface area (TPSA) is 58.8 Å². The number of piperazine rings is 1. The Hall–Kier alpha value is -3.12. The Kier molecular flexibility index (Phi) is 6.61. The maximum Gasteiger partial charge on any atom is 0.276 e. The van der Waals surface area contributed by atoms with Crippen LogP contribution >= 0.6 is 0 Å². The Bertz CT molecular complexity index is 1080. The van der Waals surface area contributed by atoms with Crippen molar-refractivity contribution in [3.8, 4) is 5.75 Å². The number of rotatable bonds is 6. The lowest BCUT2D eigenvalue weighted by molar-refractivity contribution is 0.0616. The van der Waals surface area contributed by atoms with Gasteiger partial charge in [-0.15, -0.1) is 0 Å². The highest BCUT2D eigenvalue weighted by Crippen LogP contribution is 2.24. The van der Waals surface area contributed by atoms with Crippen molar-refractivity contribution in [2.75, 3.05) is 26.2 Å². The summed E-state index contributed by atoms with van der Waals surface area (Å²) < 4.78 is 11.4. The first kappa shape index (κ1) is 22.1. The van der Waals surface area contributed by atoms with E-state index in [0.29, 0.717) is 24.5 Å². The number of amides is 1. The van der Waals surface area contributed by atoms with Gasteiger partial charge in [-0.1, -0.05) is 47.1 Å². The minimum Gasteiger partial charge on any atom is -0.488 e. The molecule has 2 aromatic carbocycles. The molecule has 6 heteroatoms. The number of benzene rings is 2. The molecule has 1 aromatic heterocycles. The molecular weight excluding hydrogens is 402 g/mol. The van der Waals surface area contributed by atoms with Gasteiger partial charge in [0.15, 0.2) is 5.69 Å². The lowest BCUT2D eigenvalue weighted by Crippen LogP contribution is -2.48. The van der Waals surface area contributed by atoms with Crippen LogP contribution < -0.4 is 4.74 Å². The van der Waals surface area contributed by atoms with Gasteiger partial charge in [-0.3, -0.25) is 9.69 Å². The van der Waals surface area contributed by atoms with E-state index in [-0.39, 0.29) is 12.5 Å². The van der Waals surface area contributed by atoms with Gasteiger partial charge in [0.25, 0.3) is 5.91 Å². The predicted octanol–water partition coefficient (Wildman–Crippen LogP) is 4.45. The van der Waals surface area contributed by atoms with Crippen LogP contribution in [-0.4, -0.2) is 47.0 Å². The maximum absolute atomic E-state index is 13.2. The van der Waals surface area contributed by atoms with Crippen LogP contribution in [0.25, 0.3) is 0 Å². The fourth-order valence-electron chi connectivity index (χ4n) is 3.97. The smallest absolute Gasteiger partial charge is 0.276 e. The second kappa shape index (κ2) is 9.57. The summed E-state index contributed by atoms with van der Waals surface area (Å²) in [5.74, 6) is 1.35. The van der Waals surface area contributed by atoms with Crippen LogP contribution in [0.5, 0.6) is 5.75 Å². The third-order valence-corrected chi connectivity index (χ3v) is 6.30. The Balaban J connectivity index is 1.38. The van der Waals surface area contributed by atoms with E-state index in [1.807, 2.05) is 30.9 Å². The molecule has 168 valence electrons. The lowest BCUT2D eigenvalue weighted by atomic mass is 10.1. The molecule has 3 aromatic rings. The van der Waals surface area contributed by atoms with Crippen molar-refractivity contribution in [3.63, 3.8) is 0 Å². The SMILES string of the molecule is Cc1ccc(CN2CCN(C(=O)c3noc(C)c3COc3cccc(C)c3C)CC2)cc1. The zero-order valence-corrected chi connectivity index (χ0v) is 19.4. The third kappa shape index (κ3) is 4.86.